The van der Waals surface area contributed by atoms with Gasteiger partial charge in [0.2, 0.25) is 0 Å². The fourth-order valence-electron chi connectivity index (χ4n) is 2.98. The van der Waals surface area contributed by atoms with E-state index < -0.39 is 4.92 Å². The molecule has 0 bridgehead atoms. The summed E-state index contributed by atoms with van der Waals surface area (Å²) in [5, 5.41) is 19.6. The summed E-state index contributed by atoms with van der Waals surface area (Å²) in [6.45, 7) is 0.274. The number of rotatable bonds is 6. The molecule has 4 rings (SSSR count). The van der Waals surface area contributed by atoms with E-state index in [1.54, 1.807) is 37.4 Å². The Morgan fingerprint density at radius 2 is 2.10 bits per heavy atom. The van der Waals surface area contributed by atoms with E-state index in [1.807, 2.05) is 12.1 Å². The van der Waals surface area contributed by atoms with Crippen molar-refractivity contribution in [1.29, 1.82) is 0 Å². The van der Waals surface area contributed by atoms with Crippen molar-refractivity contribution in [2.24, 2.45) is 5.10 Å². The molecule has 10 nitrogen and oxygen atoms in total. The second-order valence-corrected chi connectivity index (χ2v) is 6.38. The van der Waals surface area contributed by atoms with Gasteiger partial charge in [0.25, 0.3) is 5.56 Å². The van der Waals surface area contributed by atoms with Gasteiger partial charge in [-0.3, -0.25) is 19.6 Å². The quantitative estimate of drug-likeness (QED) is 0.277. The van der Waals surface area contributed by atoms with Gasteiger partial charge in [-0.25, -0.2) is 4.98 Å². The first-order chi connectivity index (χ1) is 14.5. The number of hydrogen-bond donors (Lipinski definition) is 0. The summed E-state index contributed by atoms with van der Waals surface area (Å²) in [7, 11) is 1.54. The third-order valence-corrected chi connectivity index (χ3v) is 4.45. The van der Waals surface area contributed by atoms with Crippen LogP contribution in [0, 0.1) is 10.1 Å². The molecule has 0 saturated carbocycles. The molecule has 0 aliphatic carbocycles. The monoisotopic (exact) mass is 404 g/mol. The standard InChI is InChI=1S/C20H16N6O4/c1-30-19-7-6-14(8-15(19)11-24-12-16(10-22-24)26(28)29)9-23-25-13-21-18-5-3-2-4-17(18)20(25)27/h2-10,12-13H,11H2,1H3/b23-9-. The second kappa shape index (κ2) is 7.95. The lowest BCUT2D eigenvalue weighted by Crippen LogP contribution is -2.17. The van der Waals surface area contributed by atoms with E-state index >= 15 is 0 Å². The molecule has 4 aromatic rings. The Kier molecular flexibility index (Phi) is 5.04. The van der Waals surface area contributed by atoms with Gasteiger partial charge in [-0.1, -0.05) is 12.1 Å². The predicted octanol–water partition coefficient (Wildman–Crippen LogP) is 2.44. The molecule has 10 heteroatoms. The van der Waals surface area contributed by atoms with Crippen LogP contribution in [0.3, 0.4) is 0 Å². The van der Waals surface area contributed by atoms with Gasteiger partial charge in [0.1, 0.15) is 24.5 Å². The van der Waals surface area contributed by atoms with Crippen molar-refractivity contribution >= 4 is 22.8 Å². The van der Waals surface area contributed by atoms with Gasteiger partial charge in [0.15, 0.2) is 0 Å². The zero-order chi connectivity index (χ0) is 21.1. The Morgan fingerprint density at radius 3 is 2.87 bits per heavy atom. The van der Waals surface area contributed by atoms with E-state index in [4.69, 9.17) is 4.74 Å². The van der Waals surface area contributed by atoms with E-state index in [1.165, 1.54) is 34.3 Å². The van der Waals surface area contributed by atoms with Gasteiger partial charge < -0.3 is 4.74 Å². The van der Waals surface area contributed by atoms with Crippen LogP contribution in [0.2, 0.25) is 0 Å². The van der Waals surface area contributed by atoms with Crippen LogP contribution in [0.15, 0.2) is 71.1 Å². The van der Waals surface area contributed by atoms with Gasteiger partial charge in [-0.15, -0.1) is 0 Å². The normalized spacial score (nSPS) is 11.2. The van der Waals surface area contributed by atoms with Crippen LogP contribution in [-0.4, -0.2) is 37.7 Å². The molecule has 0 aliphatic rings. The van der Waals surface area contributed by atoms with E-state index in [0.29, 0.717) is 22.2 Å². The lowest BCUT2D eigenvalue weighted by molar-refractivity contribution is -0.385. The number of aromatic nitrogens is 4. The highest BCUT2D eigenvalue weighted by Crippen LogP contribution is 2.21. The molecule has 0 radical (unpaired) electrons. The number of fused-ring (bicyclic) bond motifs is 1. The maximum Gasteiger partial charge on any atom is 0.307 e. The number of hydrogen-bond acceptors (Lipinski definition) is 7. The third-order valence-electron chi connectivity index (χ3n) is 4.45. The summed E-state index contributed by atoms with van der Waals surface area (Å²) in [5.74, 6) is 0.606. The summed E-state index contributed by atoms with van der Waals surface area (Å²) in [6.07, 6.45) is 5.44. The number of benzene rings is 2. The molecule has 150 valence electrons. The molecule has 2 aromatic heterocycles. The Balaban J connectivity index is 1.63. The van der Waals surface area contributed by atoms with E-state index in [9.17, 15) is 14.9 Å². The maximum atomic E-state index is 12.5. The fourth-order valence-corrected chi connectivity index (χ4v) is 2.98. The van der Waals surface area contributed by atoms with Gasteiger partial charge in [-0.2, -0.15) is 14.9 Å². The van der Waals surface area contributed by atoms with E-state index in [2.05, 4.69) is 15.2 Å². The molecule has 0 atom stereocenters. The molecular formula is C20H16N6O4. The van der Waals surface area contributed by atoms with Crippen LogP contribution in [-0.2, 0) is 6.54 Å². The number of ether oxygens (including phenoxy) is 1. The van der Waals surface area contributed by atoms with Gasteiger partial charge in [0.05, 0.1) is 35.7 Å². The highest BCUT2D eigenvalue weighted by atomic mass is 16.6. The predicted molar refractivity (Wildman–Crippen MR) is 110 cm³/mol. The molecule has 0 unspecified atom stereocenters. The summed E-state index contributed by atoms with van der Waals surface area (Å²) in [5.41, 5.74) is 1.72. The number of methoxy groups -OCH3 is 1. The first-order valence-corrected chi connectivity index (χ1v) is 8.89. The van der Waals surface area contributed by atoms with Crippen molar-refractivity contribution in [3.05, 3.63) is 92.8 Å². The fraction of sp³-hybridized carbons (Fsp3) is 0.100. The maximum absolute atomic E-state index is 12.5. The summed E-state index contributed by atoms with van der Waals surface area (Å²) in [4.78, 5) is 27.1. The van der Waals surface area contributed by atoms with Gasteiger partial charge in [-0.05, 0) is 35.9 Å². The molecule has 30 heavy (non-hydrogen) atoms. The van der Waals surface area contributed by atoms with Crippen molar-refractivity contribution in [3.8, 4) is 5.75 Å². The molecule has 0 saturated heterocycles. The smallest absolute Gasteiger partial charge is 0.307 e. The molecule has 0 fully saturated rings. The van der Waals surface area contributed by atoms with Crippen molar-refractivity contribution in [2.75, 3.05) is 7.11 Å². The first-order valence-electron chi connectivity index (χ1n) is 8.89. The summed E-state index contributed by atoms with van der Waals surface area (Å²) < 4.78 is 7.99. The Bertz CT molecular complexity index is 1320. The number of para-hydroxylation sites is 1. The van der Waals surface area contributed by atoms with Gasteiger partial charge >= 0.3 is 5.69 Å². The number of nitrogens with zero attached hydrogens (tertiary/aromatic N) is 6. The van der Waals surface area contributed by atoms with Crippen molar-refractivity contribution in [1.82, 2.24) is 19.4 Å². The first kappa shape index (κ1) is 19.0. The lowest BCUT2D eigenvalue weighted by Gasteiger charge is -2.09. The molecule has 0 amide bonds. The highest BCUT2D eigenvalue weighted by Gasteiger charge is 2.11. The zero-order valence-electron chi connectivity index (χ0n) is 15.9. The highest BCUT2D eigenvalue weighted by molar-refractivity contribution is 5.81. The van der Waals surface area contributed by atoms with Crippen LogP contribution >= 0.6 is 0 Å². The Hall–Kier alpha value is -4.34. The third kappa shape index (κ3) is 3.78. The number of nitro groups is 1. The molecule has 0 N–H and O–H groups in total. The van der Waals surface area contributed by atoms with Gasteiger partial charge in [0, 0.05) is 5.56 Å². The lowest BCUT2D eigenvalue weighted by atomic mass is 10.1. The molecule has 0 spiro atoms. The van der Waals surface area contributed by atoms with Crippen molar-refractivity contribution < 1.29 is 9.66 Å². The van der Waals surface area contributed by atoms with Crippen molar-refractivity contribution in [3.63, 3.8) is 0 Å². The minimum absolute atomic E-state index is 0.0881. The second-order valence-electron chi connectivity index (χ2n) is 6.38. The Morgan fingerprint density at radius 1 is 1.27 bits per heavy atom. The molecule has 2 aromatic carbocycles. The zero-order valence-corrected chi connectivity index (χ0v) is 15.9. The van der Waals surface area contributed by atoms with Crippen LogP contribution in [0.1, 0.15) is 11.1 Å². The molecular weight excluding hydrogens is 388 g/mol. The Labute approximate surface area is 169 Å². The largest absolute Gasteiger partial charge is 0.496 e. The summed E-state index contributed by atoms with van der Waals surface area (Å²) in [6, 6.07) is 12.4. The SMILES string of the molecule is COc1ccc(/C=N\n2cnc3ccccc3c2=O)cc1Cn1cc([N+](=O)[O-])cn1. The van der Waals surface area contributed by atoms with Crippen molar-refractivity contribution in [2.45, 2.75) is 6.54 Å². The molecule has 2 heterocycles. The minimum atomic E-state index is -0.501. The molecule has 0 aliphatic heterocycles. The average Bonchev–Trinajstić information content (AvgIpc) is 3.22. The van der Waals surface area contributed by atoms with E-state index in [0.717, 1.165) is 5.56 Å². The minimum Gasteiger partial charge on any atom is -0.496 e. The van der Waals surface area contributed by atoms with Crippen LogP contribution in [0.4, 0.5) is 5.69 Å². The van der Waals surface area contributed by atoms with E-state index in [-0.39, 0.29) is 17.8 Å². The topological polar surface area (TPSA) is 117 Å². The summed E-state index contributed by atoms with van der Waals surface area (Å²) >= 11 is 0. The van der Waals surface area contributed by atoms with Crippen LogP contribution < -0.4 is 10.3 Å². The van der Waals surface area contributed by atoms with Crippen LogP contribution in [0.25, 0.3) is 10.9 Å². The average molecular weight is 404 g/mol. The van der Waals surface area contributed by atoms with Crippen LogP contribution in [0.5, 0.6) is 5.75 Å².